The number of hydrogen-bond donors (Lipinski definition) is 1. The van der Waals surface area contributed by atoms with Gasteiger partial charge in [0.25, 0.3) is 0 Å². The molecule has 4 nitrogen and oxygen atoms in total. The molecule has 0 fully saturated rings. The van der Waals surface area contributed by atoms with Gasteiger partial charge in [-0.25, -0.2) is 0 Å². The first kappa shape index (κ1) is 16.2. The molecule has 0 radical (unpaired) electrons. The lowest BCUT2D eigenvalue weighted by Gasteiger charge is -2.27. The van der Waals surface area contributed by atoms with E-state index in [2.05, 4.69) is 37.1 Å². The Hall–Kier alpha value is -1.86. The zero-order valence-corrected chi connectivity index (χ0v) is 12.7. The Morgan fingerprint density at radius 1 is 1.40 bits per heavy atom. The van der Waals surface area contributed by atoms with Crippen molar-refractivity contribution < 1.29 is 4.79 Å². The molecular weight excluding hydrogens is 250 g/mol. The fourth-order valence-corrected chi connectivity index (χ4v) is 2.30. The van der Waals surface area contributed by atoms with E-state index in [0.29, 0.717) is 17.2 Å². The summed E-state index contributed by atoms with van der Waals surface area (Å²) in [6, 6.07) is 7.61. The number of ketones is 1. The lowest BCUT2D eigenvalue weighted by Crippen LogP contribution is -2.37. The number of nitrogens with zero attached hydrogens (tertiary/aromatic N) is 2. The summed E-state index contributed by atoms with van der Waals surface area (Å²) in [6.07, 6.45) is 0. The zero-order valence-electron chi connectivity index (χ0n) is 12.7. The number of hydrogen-bond acceptors (Lipinski definition) is 4. The number of nitriles is 1. The van der Waals surface area contributed by atoms with Crippen molar-refractivity contribution in [1.29, 1.82) is 5.26 Å². The van der Waals surface area contributed by atoms with Gasteiger partial charge in [0.05, 0.1) is 11.6 Å². The molecule has 0 spiro atoms. The summed E-state index contributed by atoms with van der Waals surface area (Å²) in [7, 11) is 0. The van der Waals surface area contributed by atoms with Crippen LogP contribution >= 0.6 is 0 Å². The largest absolute Gasteiger partial charge is 0.383 e. The molecule has 0 saturated heterocycles. The smallest absolute Gasteiger partial charge is 0.161 e. The molecule has 0 aliphatic heterocycles. The molecule has 0 bridgehead atoms. The van der Waals surface area contributed by atoms with E-state index in [1.807, 2.05) is 0 Å². The molecule has 4 heteroatoms. The maximum absolute atomic E-state index is 11.6. The van der Waals surface area contributed by atoms with E-state index in [0.717, 1.165) is 25.3 Å². The van der Waals surface area contributed by atoms with E-state index < -0.39 is 0 Å². The zero-order chi connectivity index (χ0) is 15.1. The van der Waals surface area contributed by atoms with Crippen molar-refractivity contribution in [3.8, 4) is 6.07 Å². The summed E-state index contributed by atoms with van der Waals surface area (Å²) < 4.78 is 0. The van der Waals surface area contributed by atoms with Gasteiger partial charge < -0.3 is 5.32 Å². The summed E-state index contributed by atoms with van der Waals surface area (Å²) in [6.45, 7) is 10.7. The Morgan fingerprint density at radius 3 is 2.55 bits per heavy atom. The van der Waals surface area contributed by atoms with Gasteiger partial charge in [-0.15, -0.1) is 0 Å². The van der Waals surface area contributed by atoms with Crippen LogP contribution in [0.2, 0.25) is 0 Å². The molecule has 0 aromatic heterocycles. The number of benzene rings is 1. The molecule has 0 aliphatic rings. The van der Waals surface area contributed by atoms with Gasteiger partial charge in [-0.1, -0.05) is 13.8 Å². The number of Topliss-reactive ketones (excluding diaryl/α,β-unsaturated/α-hetero) is 1. The Bertz CT molecular complexity index is 501. The molecule has 1 rings (SSSR count). The minimum atomic E-state index is 0.00693. The molecule has 1 atom stereocenters. The second-order valence-electron chi connectivity index (χ2n) is 4.88. The third-order valence-corrected chi connectivity index (χ3v) is 3.55. The van der Waals surface area contributed by atoms with Crippen molar-refractivity contribution in [2.45, 2.75) is 33.7 Å². The molecule has 0 aliphatic carbocycles. The lowest BCUT2D eigenvalue weighted by atomic mass is 10.1. The summed E-state index contributed by atoms with van der Waals surface area (Å²) in [5.74, 6) is 0.00693. The Labute approximate surface area is 121 Å². The van der Waals surface area contributed by atoms with Crippen molar-refractivity contribution in [1.82, 2.24) is 4.90 Å². The molecule has 1 aromatic carbocycles. The first-order valence-corrected chi connectivity index (χ1v) is 7.06. The van der Waals surface area contributed by atoms with Gasteiger partial charge in [-0.2, -0.15) is 5.26 Å². The fourth-order valence-electron chi connectivity index (χ4n) is 2.30. The summed E-state index contributed by atoms with van der Waals surface area (Å²) >= 11 is 0. The predicted octanol–water partition coefficient (Wildman–Crippen LogP) is 2.90. The van der Waals surface area contributed by atoms with Crippen molar-refractivity contribution >= 4 is 11.5 Å². The fraction of sp³-hybridized carbons (Fsp3) is 0.500. The number of carbonyl (C=O) groups is 1. The third-order valence-electron chi connectivity index (χ3n) is 3.55. The van der Waals surface area contributed by atoms with Gasteiger partial charge in [0, 0.05) is 23.8 Å². The van der Waals surface area contributed by atoms with Crippen LogP contribution in [0.1, 0.15) is 43.6 Å². The predicted molar refractivity (Wildman–Crippen MR) is 82.0 cm³/mol. The van der Waals surface area contributed by atoms with Crippen molar-refractivity contribution in [3.05, 3.63) is 29.3 Å². The lowest BCUT2D eigenvalue weighted by molar-refractivity contribution is 0.101. The topological polar surface area (TPSA) is 56.1 Å². The van der Waals surface area contributed by atoms with Crippen LogP contribution in [0.15, 0.2) is 18.2 Å². The van der Waals surface area contributed by atoms with E-state index in [-0.39, 0.29) is 5.78 Å². The normalized spacial score (nSPS) is 12.0. The second kappa shape index (κ2) is 7.66. The minimum Gasteiger partial charge on any atom is -0.383 e. The van der Waals surface area contributed by atoms with Crippen LogP contribution in [0.25, 0.3) is 0 Å². The van der Waals surface area contributed by atoms with Gasteiger partial charge in [0.2, 0.25) is 0 Å². The monoisotopic (exact) mass is 273 g/mol. The quantitative estimate of drug-likeness (QED) is 0.776. The summed E-state index contributed by atoms with van der Waals surface area (Å²) in [4.78, 5) is 14.0. The van der Waals surface area contributed by atoms with Crippen LogP contribution in [-0.2, 0) is 0 Å². The Balaban J connectivity index is 2.85. The van der Waals surface area contributed by atoms with Gasteiger partial charge in [0.1, 0.15) is 0 Å². The van der Waals surface area contributed by atoms with E-state index in [4.69, 9.17) is 5.26 Å². The maximum atomic E-state index is 11.6. The maximum Gasteiger partial charge on any atom is 0.161 e. The molecule has 1 aromatic rings. The van der Waals surface area contributed by atoms with E-state index in [1.165, 1.54) is 0 Å². The molecule has 20 heavy (non-hydrogen) atoms. The summed E-state index contributed by atoms with van der Waals surface area (Å²) in [5, 5.41) is 12.3. The SMILES string of the molecule is CCN(CC)C(C)CNc1cc(C#N)ccc1C(C)=O. The highest BCUT2D eigenvalue weighted by Gasteiger charge is 2.12. The highest BCUT2D eigenvalue weighted by molar-refractivity contribution is 5.99. The Kier molecular flexibility index (Phi) is 6.20. The molecule has 0 saturated carbocycles. The number of anilines is 1. The average molecular weight is 273 g/mol. The van der Waals surface area contributed by atoms with Gasteiger partial charge in [0.15, 0.2) is 5.78 Å². The molecule has 1 N–H and O–H groups in total. The Morgan fingerprint density at radius 2 is 2.05 bits per heavy atom. The number of rotatable bonds is 7. The molecule has 108 valence electrons. The van der Waals surface area contributed by atoms with E-state index >= 15 is 0 Å². The highest BCUT2D eigenvalue weighted by Crippen LogP contribution is 2.18. The molecular formula is C16H23N3O. The second-order valence-corrected chi connectivity index (χ2v) is 4.88. The van der Waals surface area contributed by atoms with Gasteiger partial charge in [-0.3, -0.25) is 9.69 Å². The molecule has 0 amide bonds. The van der Waals surface area contributed by atoms with Crippen LogP contribution < -0.4 is 5.32 Å². The average Bonchev–Trinajstić information content (AvgIpc) is 2.45. The number of likely N-dealkylation sites (N-methyl/N-ethyl adjacent to an activating group) is 1. The molecule has 1 unspecified atom stereocenters. The molecule has 0 heterocycles. The van der Waals surface area contributed by atoms with Crippen LogP contribution in [0, 0.1) is 11.3 Å². The summed E-state index contributed by atoms with van der Waals surface area (Å²) in [5.41, 5.74) is 1.94. The number of nitrogens with one attached hydrogen (secondary N) is 1. The van der Waals surface area contributed by atoms with Crippen molar-refractivity contribution in [2.24, 2.45) is 0 Å². The first-order chi connectivity index (χ1) is 9.53. The standard InChI is InChI=1S/C16H23N3O/c1-5-19(6-2)12(3)11-18-16-9-14(10-17)7-8-15(16)13(4)20/h7-9,12,18H,5-6,11H2,1-4H3. The van der Waals surface area contributed by atoms with Crippen LogP contribution in [0.5, 0.6) is 0 Å². The number of carbonyl (C=O) groups excluding carboxylic acids is 1. The van der Waals surface area contributed by atoms with Crippen molar-refractivity contribution in [3.63, 3.8) is 0 Å². The first-order valence-electron chi connectivity index (χ1n) is 7.06. The highest BCUT2D eigenvalue weighted by atomic mass is 16.1. The van der Waals surface area contributed by atoms with Crippen molar-refractivity contribution in [2.75, 3.05) is 25.0 Å². The van der Waals surface area contributed by atoms with Crippen LogP contribution in [0.4, 0.5) is 5.69 Å². The van der Waals surface area contributed by atoms with E-state index in [9.17, 15) is 4.79 Å². The van der Waals surface area contributed by atoms with E-state index in [1.54, 1.807) is 25.1 Å². The van der Waals surface area contributed by atoms with Gasteiger partial charge in [-0.05, 0) is 45.1 Å². The van der Waals surface area contributed by atoms with Crippen LogP contribution in [-0.4, -0.2) is 36.4 Å². The van der Waals surface area contributed by atoms with Crippen LogP contribution in [0.3, 0.4) is 0 Å². The third kappa shape index (κ3) is 4.07. The van der Waals surface area contributed by atoms with Gasteiger partial charge >= 0.3 is 0 Å². The minimum absolute atomic E-state index is 0.00693.